The third-order valence-electron chi connectivity index (χ3n) is 2.43. The van der Waals surface area contributed by atoms with Gasteiger partial charge in [-0.1, -0.05) is 6.92 Å². The normalized spacial score (nSPS) is 13.9. The van der Waals surface area contributed by atoms with Gasteiger partial charge in [-0.2, -0.15) is 5.26 Å². The monoisotopic (exact) mass is 220 g/mol. The number of furan rings is 1. The summed E-state index contributed by atoms with van der Waals surface area (Å²) in [5.74, 6) is 0.687. The van der Waals surface area contributed by atoms with Crippen LogP contribution in [0.1, 0.15) is 37.8 Å². The summed E-state index contributed by atoms with van der Waals surface area (Å²) in [4.78, 5) is 11.6. The van der Waals surface area contributed by atoms with Gasteiger partial charge in [-0.3, -0.25) is 4.79 Å². The first-order valence-corrected chi connectivity index (χ1v) is 5.34. The number of hydrogen-bond donors (Lipinski definition) is 1. The van der Waals surface area contributed by atoms with Gasteiger partial charge in [0.05, 0.1) is 12.1 Å². The van der Waals surface area contributed by atoms with Crippen molar-refractivity contribution < 1.29 is 9.21 Å². The highest BCUT2D eigenvalue weighted by molar-refractivity contribution is 5.81. The van der Waals surface area contributed by atoms with Gasteiger partial charge < -0.3 is 9.73 Å². The average Bonchev–Trinajstić information content (AvgIpc) is 2.66. The van der Waals surface area contributed by atoms with E-state index in [9.17, 15) is 4.79 Å². The second kappa shape index (κ2) is 5.36. The number of hydrogen-bond acceptors (Lipinski definition) is 3. The van der Waals surface area contributed by atoms with E-state index in [1.54, 1.807) is 0 Å². The van der Waals surface area contributed by atoms with Crippen molar-refractivity contribution in [1.29, 1.82) is 5.26 Å². The Kier molecular flexibility index (Phi) is 4.12. The van der Waals surface area contributed by atoms with Crippen molar-refractivity contribution in [3.63, 3.8) is 0 Å². The Labute approximate surface area is 95.2 Å². The third-order valence-corrected chi connectivity index (χ3v) is 2.43. The summed E-state index contributed by atoms with van der Waals surface area (Å²) in [7, 11) is 0. The molecule has 0 spiro atoms. The Hall–Kier alpha value is -1.76. The summed E-state index contributed by atoms with van der Waals surface area (Å²) in [6, 6.07) is 5.44. The Morgan fingerprint density at radius 2 is 2.31 bits per heavy atom. The van der Waals surface area contributed by atoms with E-state index in [1.165, 1.54) is 0 Å². The molecule has 0 saturated carbocycles. The summed E-state index contributed by atoms with van der Waals surface area (Å²) in [5, 5.41) is 11.5. The van der Waals surface area contributed by atoms with Gasteiger partial charge >= 0.3 is 0 Å². The predicted octanol–water partition coefficient (Wildman–Crippen LogP) is 2.32. The van der Waals surface area contributed by atoms with Gasteiger partial charge in [0.1, 0.15) is 17.4 Å². The van der Waals surface area contributed by atoms with Crippen molar-refractivity contribution in [2.75, 3.05) is 0 Å². The molecule has 1 N–H and O–H groups in total. The quantitative estimate of drug-likeness (QED) is 0.846. The summed E-state index contributed by atoms with van der Waals surface area (Å²) in [6.45, 7) is 5.50. The van der Waals surface area contributed by atoms with Crippen LogP contribution in [0.25, 0.3) is 0 Å². The molecule has 1 heterocycles. The molecule has 4 nitrogen and oxygen atoms in total. The van der Waals surface area contributed by atoms with Crippen LogP contribution < -0.4 is 5.32 Å². The molecule has 0 radical (unpaired) electrons. The molecule has 16 heavy (non-hydrogen) atoms. The minimum Gasteiger partial charge on any atom is -0.464 e. The molecule has 1 amide bonds. The molecule has 4 heteroatoms. The molecule has 0 saturated heterocycles. The molecule has 0 aromatic carbocycles. The molecule has 86 valence electrons. The van der Waals surface area contributed by atoms with Crippen molar-refractivity contribution in [1.82, 2.24) is 5.32 Å². The highest BCUT2D eigenvalue weighted by Crippen LogP contribution is 2.16. The minimum atomic E-state index is -0.585. The van der Waals surface area contributed by atoms with Crippen LogP contribution in [0.3, 0.4) is 0 Å². The maximum Gasteiger partial charge on any atom is 0.237 e. The Bertz CT molecular complexity index is 403. The molecule has 1 rings (SSSR count). The second-order valence-electron chi connectivity index (χ2n) is 3.77. The van der Waals surface area contributed by atoms with Crippen LogP contribution in [0.15, 0.2) is 16.5 Å². The van der Waals surface area contributed by atoms with Crippen molar-refractivity contribution in [3.8, 4) is 6.07 Å². The van der Waals surface area contributed by atoms with E-state index in [-0.39, 0.29) is 11.9 Å². The molecule has 0 aliphatic rings. The SMILES string of the molecule is CCC(C#N)C(=O)NC(C)c1ccc(C)o1. The fourth-order valence-electron chi connectivity index (χ4n) is 1.41. The van der Waals surface area contributed by atoms with Crippen molar-refractivity contribution >= 4 is 5.91 Å². The van der Waals surface area contributed by atoms with E-state index in [4.69, 9.17) is 9.68 Å². The van der Waals surface area contributed by atoms with Gasteiger partial charge in [0.2, 0.25) is 5.91 Å². The number of carbonyl (C=O) groups is 1. The first kappa shape index (κ1) is 12.3. The van der Waals surface area contributed by atoms with Gasteiger partial charge in [-0.15, -0.1) is 0 Å². The molecular weight excluding hydrogens is 204 g/mol. The van der Waals surface area contributed by atoms with E-state index in [1.807, 2.05) is 39.0 Å². The van der Waals surface area contributed by atoms with E-state index in [0.29, 0.717) is 12.2 Å². The van der Waals surface area contributed by atoms with Crippen LogP contribution >= 0.6 is 0 Å². The lowest BCUT2D eigenvalue weighted by molar-refractivity contribution is -0.124. The maximum absolute atomic E-state index is 11.6. The highest BCUT2D eigenvalue weighted by atomic mass is 16.3. The van der Waals surface area contributed by atoms with Crippen molar-refractivity contribution in [3.05, 3.63) is 23.7 Å². The summed E-state index contributed by atoms with van der Waals surface area (Å²) < 4.78 is 5.40. The largest absolute Gasteiger partial charge is 0.464 e. The van der Waals surface area contributed by atoms with Crippen molar-refractivity contribution in [2.45, 2.75) is 33.2 Å². The van der Waals surface area contributed by atoms with E-state index in [0.717, 1.165) is 5.76 Å². The average molecular weight is 220 g/mol. The summed E-state index contributed by atoms with van der Waals surface area (Å²) >= 11 is 0. The second-order valence-corrected chi connectivity index (χ2v) is 3.77. The molecule has 0 fully saturated rings. The third kappa shape index (κ3) is 2.86. The Morgan fingerprint density at radius 3 is 2.75 bits per heavy atom. The predicted molar refractivity (Wildman–Crippen MR) is 59.4 cm³/mol. The van der Waals surface area contributed by atoms with Gasteiger partial charge in [0.25, 0.3) is 0 Å². The highest BCUT2D eigenvalue weighted by Gasteiger charge is 2.19. The zero-order valence-corrected chi connectivity index (χ0v) is 9.78. The number of amides is 1. The summed E-state index contributed by atoms with van der Waals surface area (Å²) in [5.41, 5.74) is 0. The van der Waals surface area contributed by atoms with Crippen LogP contribution in [0.5, 0.6) is 0 Å². The van der Waals surface area contributed by atoms with E-state index < -0.39 is 5.92 Å². The maximum atomic E-state index is 11.6. The number of nitriles is 1. The van der Waals surface area contributed by atoms with Gasteiger partial charge in [-0.25, -0.2) is 0 Å². The molecule has 0 aliphatic carbocycles. The lowest BCUT2D eigenvalue weighted by Crippen LogP contribution is -2.31. The smallest absolute Gasteiger partial charge is 0.237 e. The standard InChI is InChI=1S/C12H16N2O2/c1-4-10(7-13)12(15)14-9(3)11-6-5-8(2)16-11/h5-6,9-10H,4H2,1-3H3,(H,14,15). The van der Waals surface area contributed by atoms with Crippen LogP contribution in [0, 0.1) is 24.2 Å². The number of aryl methyl sites for hydroxylation is 1. The molecule has 0 bridgehead atoms. The lowest BCUT2D eigenvalue weighted by Gasteiger charge is -2.13. The first-order chi connectivity index (χ1) is 7.58. The fraction of sp³-hybridized carbons (Fsp3) is 0.500. The topological polar surface area (TPSA) is 66.0 Å². The molecular formula is C12H16N2O2. The van der Waals surface area contributed by atoms with Gasteiger partial charge in [-0.05, 0) is 32.4 Å². The van der Waals surface area contributed by atoms with E-state index >= 15 is 0 Å². The zero-order valence-electron chi connectivity index (χ0n) is 9.78. The first-order valence-electron chi connectivity index (χ1n) is 5.34. The molecule has 2 unspecified atom stereocenters. The lowest BCUT2D eigenvalue weighted by atomic mass is 10.1. The number of nitrogens with zero attached hydrogens (tertiary/aromatic N) is 1. The van der Waals surface area contributed by atoms with Crippen LogP contribution in [-0.2, 0) is 4.79 Å². The van der Waals surface area contributed by atoms with Crippen molar-refractivity contribution in [2.24, 2.45) is 5.92 Å². The zero-order chi connectivity index (χ0) is 12.1. The van der Waals surface area contributed by atoms with Crippen LogP contribution in [0.2, 0.25) is 0 Å². The van der Waals surface area contributed by atoms with Gasteiger partial charge in [0, 0.05) is 0 Å². The molecule has 2 atom stereocenters. The Morgan fingerprint density at radius 1 is 1.62 bits per heavy atom. The number of carbonyl (C=O) groups excluding carboxylic acids is 1. The fourth-order valence-corrected chi connectivity index (χ4v) is 1.41. The number of rotatable bonds is 4. The molecule has 0 aliphatic heterocycles. The van der Waals surface area contributed by atoms with E-state index in [2.05, 4.69) is 5.32 Å². The Balaban J connectivity index is 2.61. The molecule has 1 aromatic rings. The summed E-state index contributed by atoms with van der Waals surface area (Å²) in [6.07, 6.45) is 0.520. The van der Waals surface area contributed by atoms with Crippen LogP contribution in [-0.4, -0.2) is 5.91 Å². The van der Waals surface area contributed by atoms with Crippen LogP contribution in [0.4, 0.5) is 0 Å². The van der Waals surface area contributed by atoms with Gasteiger partial charge in [0.15, 0.2) is 0 Å². The molecule has 1 aromatic heterocycles. The number of nitrogens with one attached hydrogen (secondary N) is 1. The minimum absolute atomic E-state index is 0.205.